The molecule has 0 bridgehead atoms. The predicted octanol–water partition coefficient (Wildman–Crippen LogP) is 1.44. The molecule has 0 saturated carbocycles. The van der Waals surface area contributed by atoms with Gasteiger partial charge in [0.25, 0.3) is 0 Å². The second kappa shape index (κ2) is 5.67. The third-order valence-electron chi connectivity index (χ3n) is 3.80. The summed E-state index contributed by atoms with van der Waals surface area (Å²) in [6, 6.07) is 8.24. The van der Waals surface area contributed by atoms with Gasteiger partial charge in [-0.25, -0.2) is 0 Å². The van der Waals surface area contributed by atoms with Gasteiger partial charge in [-0.2, -0.15) is 10.2 Å². The highest BCUT2D eigenvalue weighted by Gasteiger charge is 2.17. The molecule has 0 spiro atoms. The SMILES string of the molecule is Cn1cc(CCC(NN)c2nn(C)c3ccccc23)cn1. The van der Waals surface area contributed by atoms with Crippen LogP contribution in [0.3, 0.4) is 0 Å². The first kappa shape index (κ1) is 13.8. The molecule has 6 nitrogen and oxygen atoms in total. The van der Waals surface area contributed by atoms with Crippen LogP contribution in [-0.2, 0) is 20.5 Å². The molecule has 0 fully saturated rings. The smallest absolute Gasteiger partial charge is 0.0886 e. The molecule has 0 aliphatic rings. The van der Waals surface area contributed by atoms with Crippen LogP contribution in [0.25, 0.3) is 10.9 Å². The van der Waals surface area contributed by atoms with Crippen molar-refractivity contribution in [2.45, 2.75) is 18.9 Å². The zero-order valence-corrected chi connectivity index (χ0v) is 12.3. The lowest BCUT2D eigenvalue weighted by Gasteiger charge is -2.13. The van der Waals surface area contributed by atoms with Crippen molar-refractivity contribution in [1.82, 2.24) is 25.0 Å². The van der Waals surface area contributed by atoms with Crippen LogP contribution in [0.5, 0.6) is 0 Å². The molecule has 0 aliphatic heterocycles. The third kappa shape index (κ3) is 2.68. The van der Waals surface area contributed by atoms with Crippen molar-refractivity contribution >= 4 is 10.9 Å². The second-order valence-electron chi connectivity index (χ2n) is 5.31. The lowest BCUT2D eigenvalue weighted by Crippen LogP contribution is -2.29. The molecule has 1 atom stereocenters. The number of nitrogens with one attached hydrogen (secondary N) is 1. The standard InChI is InChI=1S/C15H20N6/c1-20-10-11(9-17-20)7-8-13(18-16)15-12-5-3-4-6-14(12)21(2)19-15/h3-6,9-10,13,18H,7-8,16H2,1-2H3. The molecule has 21 heavy (non-hydrogen) atoms. The molecule has 110 valence electrons. The van der Waals surface area contributed by atoms with Crippen LogP contribution in [0.15, 0.2) is 36.7 Å². The topological polar surface area (TPSA) is 73.7 Å². The minimum atomic E-state index is 0.0244. The molecule has 6 heteroatoms. The van der Waals surface area contributed by atoms with Gasteiger partial charge in [0, 0.05) is 25.7 Å². The lowest BCUT2D eigenvalue weighted by atomic mass is 10.0. The number of nitrogens with two attached hydrogens (primary N) is 1. The van der Waals surface area contributed by atoms with E-state index in [2.05, 4.69) is 27.8 Å². The van der Waals surface area contributed by atoms with Gasteiger partial charge in [0.15, 0.2) is 0 Å². The molecule has 3 aromatic rings. The van der Waals surface area contributed by atoms with Gasteiger partial charge in [0.05, 0.1) is 23.4 Å². The maximum absolute atomic E-state index is 5.75. The van der Waals surface area contributed by atoms with E-state index in [9.17, 15) is 0 Å². The molecule has 1 unspecified atom stereocenters. The van der Waals surface area contributed by atoms with E-state index in [0.29, 0.717) is 0 Å². The van der Waals surface area contributed by atoms with E-state index in [1.54, 1.807) is 0 Å². The van der Waals surface area contributed by atoms with Crippen molar-refractivity contribution in [2.75, 3.05) is 0 Å². The summed E-state index contributed by atoms with van der Waals surface area (Å²) >= 11 is 0. The first-order valence-electron chi connectivity index (χ1n) is 7.04. The Bertz CT molecular complexity index is 742. The summed E-state index contributed by atoms with van der Waals surface area (Å²) in [6.07, 6.45) is 5.71. The summed E-state index contributed by atoms with van der Waals surface area (Å²) in [7, 11) is 3.88. The van der Waals surface area contributed by atoms with Crippen molar-refractivity contribution in [3.63, 3.8) is 0 Å². The molecular weight excluding hydrogens is 264 g/mol. The highest BCUT2D eigenvalue weighted by molar-refractivity contribution is 5.82. The van der Waals surface area contributed by atoms with Gasteiger partial charge in [-0.3, -0.25) is 20.6 Å². The zero-order valence-electron chi connectivity index (χ0n) is 12.3. The van der Waals surface area contributed by atoms with Crippen LogP contribution in [0.4, 0.5) is 0 Å². The summed E-state index contributed by atoms with van der Waals surface area (Å²) in [6.45, 7) is 0. The van der Waals surface area contributed by atoms with Crippen LogP contribution in [0.2, 0.25) is 0 Å². The Morgan fingerprint density at radius 3 is 2.81 bits per heavy atom. The number of para-hydroxylation sites is 1. The summed E-state index contributed by atoms with van der Waals surface area (Å²) in [5.41, 5.74) is 6.22. The van der Waals surface area contributed by atoms with Crippen LogP contribution in [0, 0.1) is 0 Å². The van der Waals surface area contributed by atoms with Gasteiger partial charge in [-0.15, -0.1) is 0 Å². The van der Waals surface area contributed by atoms with E-state index in [1.165, 1.54) is 5.56 Å². The minimum Gasteiger partial charge on any atom is -0.276 e. The fourth-order valence-corrected chi connectivity index (χ4v) is 2.71. The molecule has 0 aliphatic carbocycles. The Kier molecular flexibility index (Phi) is 3.72. The number of aromatic nitrogens is 4. The number of fused-ring (bicyclic) bond motifs is 1. The third-order valence-corrected chi connectivity index (χ3v) is 3.80. The molecule has 2 heterocycles. The average Bonchev–Trinajstić information content (AvgIpc) is 3.05. The number of rotatable bonds is 5. The fraction of sp³-hybridized carbons (Fsp3) is 0.333. The van der Waals surface area contributed by atoms with E-state index >= 15 is 0 Å². The highest BCUT2D eigenvalue weighted by Crippen LogP contribution is 2.25. The van der Waals surface area contributed by atoms with E-state index in [4.69, 9.17) is 5.84 Å². The quantitative estimate of drug-likeness (QED) is 0.549. The van der Waals surface area contributed by atoms with E-state index in [-0.39, 0.29) is 6.04 Å². The molecule has 3 rings (SSSR count). The maximum Gasteiger partial charge on any atom is 0.0886 e. The lowest BCUT2D eigenvalue weighted by molar-refractivity contribution is 0.500. The summed E-state index contributed by atoms with van der Waals surface area (Å²) in [5.74, 6) is 5.75. The Labute approximate surface area is 123 Å². The summed E-state index contributed by atoms with van der Waals surface area (Å²) in [5, 5.41) is 9.97. The maximum atomic E-state index is 5.75. The predicted molar refractivity (Wildman–Crippen MR) is 82.3 cm³/mol. The molecule has 2 aromatic heterocycles. The van der Waals surface area contributed by atoms with Crippen LogP contribution in [0.1, 0.15) is 23.7 Å². The molecule has 0 saturated heterocycles. The molecule has 1 aromatic carbocycles. The van der Waals surface area contributed by atoms with Gasteiger partial charge < -0.3 is 0 Å². The minimum absolute atomic E-state index is 0.0244. The summed E-state index contributed by atoms with van der Waals surface area (Å²) < 4.78 is 3.72. The van der Waals surface area contributed by atoms with E-state index < -0.39 is 0 Å². The number of hydrazine groups is 1. The Balaban J connectivity index is 1.84. The van der Waals surface area contributed by atoms with Gasteiger partial charge in [0.2, 0.25) is 0 Å². The zero-order chi connectivity index (χ0) is 14.8. The summed E-state index contributed by atoms with van der Waals surface area (Å²) in [4.78, 5) is 0. The second-order valence-corrected chi connectivity index (χ2v) is 5.31. The van der Waals surface area contributed by atoms with Gasteiger partial charge in [-0.1, -0.05) is 18.2 Å². The molecule has 3 N–H and O–H groups in total. The number of benzene rings is 1. The number of aryl methyl sites for hydroxylation is 3. The van der Waals surface area contributed by atoms with Crippen LogP contribution < -0.4 is 11.3 Å². The Hall–Kier alpha value is -2.18. The largest absolute Gasteiger partial charge is 0.276 e. The van der Waals surface area contributed by atoms with Gasteiger partial charge in [0.1, 0.15) is 0 Å². The van der Waals surface area contributed by atoms with Gasteiger partial charge >= 0.3 is 0 Å². The van der Waals surface area contributed by atoms with Crippen molar-refractivity contribution in [1.29, 1.82) is 0 Å². The monoisotopic (exact) mass is 284 g/mol. The Morgan fingerprint density at radius 1 is 1.29 bits per heavy atom. The van der Waals surface area contributed by atoms with Crippen molar-refractivity contribution in [3.05, 3.63) is 47.9 Å². The normalized spacial score (nSPS) is 12.9. The number of hydrogen-bond donors (Lipinski definition) is 2. The van der Waals surface area contributed by atoms with Crippen molar-refractivity contribution in [3.8, 4) is 0 Å². The van der Waals surface area contributed by atoms with Crippen molar-refractivity contribution < 1.29 is 0 Å². The Morgan fingerprint density at radius 2 is 2.10 bits per heavy atom. The molecular formula is C15H20N6. The first-order valence-corrected chi connectivity index (χ1v) is 7.04. The fourth-order valence-electron chi connectivity index (χ4n) is 2.71. The van der Waals surface area contributed by atoms with E-state index in [0.717, 1.165) is 29.4 Å². The molecule has 0 amide bonds. The van der Waals surface area contributed by atoms with Crippen LogP contribution >= 0.6 is 0 Å². The first-order chi connectivity index (χ1) is 10.2. The highest BCUT2D eigenvalue weighted by atomic mass is 15.3. The van der Waals surface area contributed by atoms with Crippen LogP contribution in [-0.4, -0.2) is 19.6 Å². The number of hydrogen-bond acceptors (Lipinski definition) is 4. The van der Waals surface area contributed by atoms with Crippen molar-refractivity contribution in [2.24, 2.45) is 19.9 Å². The van der Waals surface area contributed by atoms with Gasteiger partial charge in [-0.05, 0) is 24.5 Å². The van der Waals surface area contributed by atoms with E-state index in [1.807, 2.05) is 48.0 Å². The number of nitrogens with zero attached hydrogens (tertiary/aromatic N) is 4. The molecule has 0 radical (unpaired) electrons. The average molecular weight is 284 g/mol.